The first kappa shape index (κ1) is 16.2. The predicted octanol–water partition coefficient (Wildman–Crippen LogP) is 1.92. The van der Waals surface area contributed by atoms with Crippen LogP contribution in [0.2, 0.25) is 0 Å². The molecule has 5 nitrogen and oxygen atoms in total. The van der Waals surface area contributed by atoms with Gasteiger partial charge in [0.05, 0.1) is 11.5 Å². The fraction of sp³-hybridized carbons (Fsp3) is 0.667. The molecule has 3 rings (SSSR count). The van der Waals surface area contributed by atoms with Crippen molar-refractivity contribution in [1.82, 2.24) is 9.88 Å². The Morgan fingerprint density at radius 1 is 1.35 bits per heavy atom. The number of piperidine rings is 1. The zero-order valence-corrected chi connectivity index (χ0v) is 14.1. The molecule has 2 saturated heterocycles. The van der Waals surface area contributed by atoms with Gasteiger partial charge in [0.15, 0.2) is 0 Å². The molecular formula is C18H27N3O2. The minimum absolute atomic E-state index is 0.0322. The van der Waals surface area contributed by atoms with E-state index in [-0.39, 0.29) is 11.8 Å². The highest BCUT2D eigenvalue weighted by atomic mass is 16.3. The molecule has 0 saturated carbocycles. The van der Waals surface area contributed by atoms with Crippen molar-refractivity contribution in [2.24, 2.45) is 11.8 Å². The fourth-order valence-corrected chi connectivity index (χ4v) is 3.75. The number of carbonyl (C=O) groups excluding carboxylic acids is 1. The van der Waals surface area contributed by atoms with Gasteiger partial charge >= 0.3 is 0 Å². The van der Waals surface area contributed by atoms with E-state index in [9.17, 15) is 9.90 Å². The Bertz CT molecular complexity index is 540. The van der Waals surface area contributed by atoms with Crippen molar-refractivity contribution >= 4 is 11.7 Å². The summed E-state index contributed by atoms with van der Waals surface area (Å²) in [6, 6.07) is 5.90. The highest BCUT2D eigenvalue weighted by Gasteiger charge is 2.40. The van der Waals surface area contributed by atoms with Gasteiger partial charge in [-0.05, 0) is 37.3 Å². The van der Waals surface area contributed by atoms with Gasteiger partial charge < -0.3 is 14.9 Å². The molecule has 1 amide bonds. The lowest BCUT2D eigenvalue weighted by molar-refractivity contribution is -0.140. The summed E-state index contributed by atoms with van der Waals surface area (Å²) in [6.07, 6.45) is 3.95. The molecule has 126 valence electrons. The summed E-state index contributed by atoms with van der Waals surface area (Å²) in [5, 5.41) is 10.3. The summed E-state index contributed by atoms with van der Waals surface area (Å²) in [7, 11) is 0. The SMILES string of the molecule is CCC1(O)CCN(C(=O)[C@@H]2CN(c3ccccn3)C[C@H]2C)CC1. The van der Waals surface area contributed by atoms with E-state index in [2.05, 4.69) is 16.8 Å². The topological polar surface area (TPSA) is 56.7 Å². The van der Waals surface area contributed by atoms with Gasteiger partial charge in [-0.25, -0.2) is 4.98 Å². The molecule has 2 aliphatic heterocycles. The number of hydrogen-bond acceptors (Lipinski definition) is 4. The highest BCUT2D eigenvalue weighted by molar-refractivity contribution is 5.80. The molecule has 1 aromatic rings. The van der Waals surface area contributed by atoms with Crippen molar-refractivity contribution in [1.29, 1.82) is 0 Å². The second kappa shape index (κ2) is 6.48. The van der Waals surface area contributed by atoms with Crippen LogP contribution in [0.4, 0.5) is 5.82 Å². The maximum absolute atomic E-state index is 12.9. The van der Waals surface area contributed by atoms with Crippen molar-refractivity contribution in [3.8, 4) is 0 Å². The number of hydrogen-bond donors (Lipinski definition) is 1. The fourth-order valence-electron chi connectivity index (χ4n) is 3.75. The number of aromatic nitrogens is 1. The lowest BCUT2D eigenvalue weighted by atomic mass is 9.87. The van der Waals surface area contributed by atoms with Crippen LogP contribution in [0.1, 0.15) is 33.1 Å². The molecule has 5 heteroatoms. The molecule has 0 spiro atoms. The van der Waals surface area contributed by atoms with Crippen LogP contribution >= 0.6 is 0 Å². The molecule has 2 aliphatic rings. The monoisotopic (exact) mass is 317 g/mol. The van der Waals surface area contributed by atoms with Crippen LogP contribution in [0.15, 0.2) is 24.4 Å². The van der Waals surface area contributed by atoms with Crippen molar-refractivity contribution < 1.29 is 9.90 Å². The number of aliphatic hydroxyl groups is 1. The Hall–Kier alpha value is -1.62. The number of likely N-dealkylation sites (tertiary alicyclic amines) is 1. The second-order valence-electron chi connectivity index (χ2n) is 7.08. The molecule has 2 fully saturated rings. The minimum atomic E-state index is -0.571. The first-order valence-electron chi connectivity index (χ1n) is 8.69. The summed E-state index contributed by atoms with van der Waals surface area (Å²) < 4.78 is 0. The first-order valence-corrected chi connectivity index (χ1v) is 8.69. The van der Waals surface area contributed by atoms with Crippen molar-refractivity contribution in [2.45, 2.75) is 38.7 Å². The van der Waals surface area contributed by atoms with Crippen LogP contribution in [-0.4, -0.2) is 52.7 Å². The Morgan fingerprint density at radius 2 is 2.09 bits per heavy atom. The third kappa shape index (κ3) is 3.34. The van der Waals surface area contributed by atoms with E-state index in [1.807, 2.05) is 30.0 Å². The summed E-state index contributed by atoms with van der Waals surface area (Å²) in [6.45, 7) is 7.14. The van der Waals surface area contributed by atoms with Crippen LogP contribution in [0.25, 0.3) is 0 Å². The number of amides is 1. The predicted molar refractivity (Wildman–Crippen MR) is 90.2 cm³/mol. The van der Waals surface area contributed by atoms with Gasteiger partial charge in [0.1, 0.15) is 5.82 Å². The summed E-state index contributed by atoms with van der Waals surface area (Å²) in [5.74, 6) is 1.56. The minimum Gasteiger partial charge on any atom is -0.390 e. The second-order valence-corrected chi connectivity index (χ2v) is 7.08. The van der Waals surface area contributed by atoms with E-state index in [0.29, 0.717) is 31.8 Å². The van der Waals surface area contributed by atoms with E-state index in [4.69, 9.17) is 0 Å². The lowest BCUT2D eigenvalue weighted by Crippen LogP contribution is -2.49. The van der Waals surface area contributed by atoms with Crippen molar-refractivity contribution in [3.63, 3.8) is 0 Å². The van der Waals surface area contributed by atoms with Gasteiger partial charge in [-0.2, -0.15) is 0 Å². The molecule has 1 N–H and O–H groups in total. The van der Waals surface area contributed by atoms with Crippen LogP contribution in [0.5, 0.6) is 0 Å². The third-order valence-electron chi connectivity index (χ3n) is 5.57. The molecule has 0 bridgehead atoms. The smallest absolute Gasteiger partial charge is 0.227 e. The van der Waals surface area contributed by atoms with E-state index < -0.39 is 5.60 Å². The third-order valence-corrected chi connectivity index (χ3v) is 5.57. The molecular weight excluding hydrogens is 290 g/mol. The molecule has 23 heavy (non-hydrogen) atoms. The number of pyridine rings is 1. The average Bonchev–Trinajstić information content (AvgIpc) is 2.98. The zero-order valence-electron chi connectivity index (χ0n) is 14.1. The van der Waals surface area contributed by atoms with Gasteiger partial charge in [-0.3, -0.25) is 4.79 Å². The van der Waals surface area contributed by atoms with Crippen LogP contribution < -0.4 is 4.90 Å². The summed E-state index contributed by atoms with van der Waals surface area (Å²) >= 11 is 0. The molecule has 0 aliphatic carbocycles. The average molecular weight is 317 g/mol. The molecule has 0 radical (unpaired) electrons. The number of nitrogens with zero attached hydrogens (tertiary/aromatic N) is 3. The first-order chi connectivity index (χ1) is 11.0. The molecule has 2 atom stereocenters. The largest absolute Gasteiger partial charge is 0.390 e. The Labute approximate surface area is 138 Å². The normalized spacial score (nSPS) is 27.3. The van der Waals surface area contributed by atoms with Crippen LogP contribution in [-0.2, 0) is 4.79 Å². The molecule has 0 aromatic carbocycles. The maximum Gasteiger partial charge on any atom is 0.227 e. The number of anilines is 1. The Morgan fingerprint density at radius 3 is 2.70 bits per heavy atom. The number of carbonyl (C=O) groups is 1. The lowest BCUT2D eigenvalue weighted by Gasteiger charge is -2.39. The standard InChI is InChI=1S/C18H27N3O2/c1-3-18(23)7-10-20(11-8-18)17(22)15-13-21(12-14(15)2)16-6-4-5-9-19-16/h4-6,9,14-15,23H,3,7-8,10-13H2,1-2H3/t14-,15-/m1/s1. The van der Waals surface area contributed by atoms with Gasteiger partial charge in [-0.15, -0.1) is 0 Å². The van der Waals surface area contributed by atoms with E-state index >= 15 is 0 Å². The zero-order chi connectivity index (χ0) is 16.4. The van der Waals surface area contributed by atoms with Gasteiger partial charge in [0.2, 0.25) is 5.91 Å². The highest BCUT2D eigenvalue weighted by Crippen LogP contribution is 2.31. The van der Waals surface area contributed by atoms with E-state index in [1.165, 1.54) is 0 Å². The van der Waals surface area contributed by atoms with Crippen LogP contribution in [0, 0.1) is 11.8 Å². The van der Waals surface area contributed by atoms with Crippen molar-refractivity contribution in [3.05, 3.63) is 24.4 Å². The maximum atomic E-state index is 12.9. The van der Waals surface area contributed by atoms with Crippen LogP contribution in [0.3, 0.4) is 0 Å². The molecule has 3 heterocycles. The van der Waals surface area contributed by atoms with E-state index in [0.717, 1.165) is 25.3 Å². The van der Waals surface area contributed by atoms with Gasteiger partial charge in [0.25, 0.3) is 0 Å². The number of rotatable bonds is 3. The quantitative estimate of drug-likeness (QED) is 0.925. The van der Waals surface area contributed by atoms with Crippen molar-refractivity contribution in [2.75, 3.05) is 31.1 Å². The summed E-state index contributed by atoms with van der Waals surface area (Å²) in [4.78, 5) is 21.4. The molecule has 0 unspecified atom stereocenters. The Kier molecular flexibility index (Phi) is 4.57. The molecule has 1 aromatic heterocycles. The Balaban J connectivity index is 1.62. The van der Waals surface area contributed by atoms with Gasteiger partial charge in [-0.1, -0.05) is 19.9 Å². The van der Waals surface area contributed by atoms with E-state index in [1.54, 1.807) is 6.20 Å². The van der Waals surface area contributed by atoms with Gasteiger partial charge in [0, 0.05) is 32.4 Å². The summed E-state index contributed by atoms with van der Waals surface area (Å²) in [5.41, 5.74) is -0.571.